The number of esters is 1. The van der Waals surface area contributed by atoms with Crippen LogP contribution in [0.5, 0.6) is 5.75 Å². The Labute approximate surface area is 225 Å². The molecule has 5 rings (SSSR count). The zero-order chi connectivity index (χ0) is 27.7. The quantitative estimate of drug-likeness (QED) is 0.348. The van der Waals surface area contributed by atoms with Gasteiger partial charge in [-0.3, -0.25) is 14.4 Å². The van der Waals surface area contributed by atoms with Crippen molar-refractivity contribution in [2.75, 3.05) is 30.5 Å². The van der Waals surface area contributed by atoms with Crippen molar-refractivity contribution < 1.29 is 28.2 Å². The Bertz CT molecular complexity index is 1670. The second kappa shape index (κ2) is 10.7. The number of para-hydroxylation sites is 2. The number of benzene rings is 2. The highest BCUT2D eigenvalue weighted by Gasteiger charge is 2.37. The number of fused-ring (bicyclic) bond motifs is 1. The predicted octanol–water partition coefficient (Wildman–Crippen LogP) is 3.76. The first-order valence-corrected chi connectivity index (χ1v) is 12.9. The van der Waals surface area contributed by atoms with Gasteiger partial charge in [-0.15, -0.1) is 11.3 Å². The summed E-state index contributed by atoms with van der Waals surface area (Å²) in [6.07, 6.45) is -0.0314. The maximum atomic E-state index is 13.9. The van der Waals surface area contributed by atoms with Crippen molar-refractivity contribution in [3.8, 4) is 11.4 Å². The summed E-state index contributed by atoms with van der Waals surface area (Å²) in [7, 11) is 1.50. The number of hydrogen-bond acceptors (Lipinski definition) is 8. The van der Waals surface area contributed by atoms with Gasteiger partial charge in [0.2, 0.25) is 11.8 Å². The van der Waals surface area contributed by atoms with Gasteiger partial charge >= 0.3 is 5.97 Å². The van der Waals surface area contributed by atoms with E-state index < -0.39 is 29.2 Å². The molecule has 0 bridgehead atoms. The molecule has 0 saturated carbocycles. The predicted molar refractivity (Wildman–Crippen MR) is 143 cm³/mol. The van der Waals surface area contributed by atoms with Crippen LogP contribution in [-0.4, -0.2) is 47.8 Å². The van der Waals surface area contributed by atoms with Gasteiger partial charge in [0, 0.05) is 23.7 Å². The summed E-state index contributed by atoms with van der Waals surface area (Å²) in [5.41, 5.74) is -0.140. The molecule has 0 spiro atoms. The number of hydrogen-bond donors (Lipinski definition) is 1. The zero-order valence-electron chi connectivity index (χ0n) is 21.0. The molecule has 39 heavy (non-hydrogen) atoms. The van der Waals surface area contributed by atoms with Crippen LogP contribution in [0.1, 0.15) is 23.8 Å². The van der Waals surface area contributed by atoms with Crippen molar-refractivity contribution in [1.82, 2.24) is 9.78 Å². The van der Waals surface area contributed by atoms with Gasteiger partial charge < -0.3 is 19.7 Å². The van der Waals surface area contributed by atoms with E-state index in [0.717, 1.165) is 22.1 Å². The molecule has 1 unspecified atom stereocenters. The number of carbonyl (C=O) groups excluding carboxylic acids is 3. The Balaban J connectivity index is 1.51. The van der Waals surface area contributed by atoms with Crippen LogP contribution in [0, 0.1) is 11.7 Å². The summed E-state index contributed by atoms with van der Waals surface area (Å²) in [6.45, 7) is 1.83. The molecule has 1 atom stereocenters. The molecule has 1 aliphatic rings. The van der Waals surface area contributed by atoms with E-state index in [2.05, 4.69) is 10.4 Å². The van der Waals surface area contributed by atoms with E-state index in [1.165, 1.54) is 35.6 Å². The van der Waals surface area contributed by atoms with E-state index in [9.17, 15) is 23.6 Å². The summed E-state index contributed by atoms with van der Waals surface area (Å²) in [5.74, 6) is -2.25. The van der Waals surface area contributed by atoms with Crippen molar-refractivity contribution in [3.05, 3.63) is 75.8 Å². The van der Waals surface area contributed by atoms with E-state index in [-0.39, 0.29) is 52.6 Å². The molecule has 0 aliphatic carbocycles. The van der Waals surface area contributed by atoms with Gasteiger partial charge in [0.1, 0.15) is 16.6 Å². The van der Waals surface area contributed by atoms with E-state index in [1.807, 2.05) is 0 Å². The largest absolute Gasteiger partial charge is 0.495 e. The first-order valence-electron chi connectivity index (χ1n) is 12.0. The Morgan fingerprint density at radius 3 is 2.72 bits per heavy atom. The third kappa shape index (κ3) is 4.86. The molecule has 1 saturated heterocycles. The standard InChI is InChI=1S/C27H23FN4O6S/c1-3-38-27(36)23-18-14-39-25(22(18)26(35)32(30-23)17-8-6-7-16(28)12-17)29-24(34)15-11-21(33)31(13-15)19-9-4-5-10-20(19)37-2/h4-10,12,14-15H,3,11,13H2,1-2H3,(H,29,34). The molecule has 200 valence electrons. The van der Waals surface area contributed by atoms with Gasteiger partial charge in [-0.1, -0.05) is 18.2 Å². The summed E-state index contributed by atoms with van der Waals surface area (Å²) in [5, 5.41) is 8.86. The smallest absolute Gasteiger partial charge is 0.359 e. The number of anilines is 2. The van der Waals surface area contributed by atoms with Crippen LogP contribution < -0.4 is 20.5 Å². The number of thiophene rings is 1. The molecule has 3 heterocycles. The Hall–Kier alpha value is -4.58. The summed E-state index contributed by atoms with van der Waals surface area (Å²) in [4.78, 5) is 53.8. The van der Waals surface area contributed by atoms with E-state index >= 15 is 0 Å². The van der Waals surface area contributed by atoms with Gasteiger partial charge in [-0.05, 0) is 37.3 Å². The van der Waals surface area contributed by atoms with Gasteiger partial charge in [-0.25, -0.2) is 9.18 Å². The summed E-state index contributed by atoms with van der Waals surface area (Å²) < 4.78 is 25.3. The third-order valence-electron chi connectivity index (χ3n) is 6.28. The average molecular weight is 551 g/mol. The second-order valence-electron chi connectivity index (χ2n) is 8.69. The van der Waals surface area contributed by atoms with Crippen molar-refractivity contribution in [2.45, 2.75) is 13.3 Å². The maximum absolute atomic E-state index is 13.9. The van der Waals surface area contributed by atoms with Gasteiger partial charge in [0.15, 0.2) is 5.69 Å². The second-order valence-corrected chi connectivity index (χ2v) is 9.57. The monoisotopic (exact) mass is 550 g/mol. The number of methoxy groups -OCH3 is 1. The zero-order valence-corrected chi connectivity index (χ0v) is 21.8. The Morgan fingerprint density at radius 1 is 1.18 bits per heavy atom. The lowest BCUT2D eigenvalue weighted by Crippen LogP contribution is -2.29. The fraction of sp³-hybridized carbons (Fsp3) is 0.222. The molecule has 1 aliphatic heterocycles. The maximum Gasteiger partial charge on any atom is 0.359 e. The highest BCUT2D eigenvalue weighted by atomic mass is 32.1. The number of halogens is 1. The number of carbonyl (C=O) groups is 3. The Morgan fingerprint density at radius 2 is 1.97 bits per heavy atom. The number of ether oxygens (including phenoxy) is 2. The average Bonchev–Trinajstić information content (AvgIpc) is 3.53. The first kappa shape index (κ1) is 26.0. The first-order chi connectivity index (χ1) is 18.8. The SMILES string of the molecule is CCOC(=O)c1nn(-c2cccc(F)c2)c(=O)c2c(NC(=O)C3CC(=O)N(c4ccccc4OC)C3)scc12. The van der Waals surface area contributed by atoms with Crippen molar-refractivity contribution in [3.63, 3.8) is 0 Å². The van der Waals surface area contributed by atoms with Gasteiger partial charge in [0.25, 0.3) is 5.56 Å². The molecular weight excluding hydrogens is 527 g/mol. The molecule has 2 aromatic heterocycles. The van der Waals surface area contributed by atoms with Crippen molar-refractivity contribution >= 4 is 50.6 Å². The molecule has 10 nitrogen and oxygen atoms in total. The lowest BCUT2D eigenvalue weighted by Gasteiger charge is -2.19. The number of amides is 2. The molecule has 1 N–H and O–H groups in total. The molecule has 0 radical (unpaired) electrons. The molecule has 2 aromatic carbocycles. The number of nitrogens with one attached hydrogen (secondary N) is 1. The van der Waals surface area contributed by atoms with Crippen LogP contribution in [-0.2, 0) is 14.3 Å². The lowest BCUT2D eigenvalue weighted by molar-refractivity contribution is -0.122. The highest BCUT2D eigenvalue weighted by Crippen LogP contribution is 2.35. The number of aromatic nitrogens is 2. The van der Waals surface area contributed by atoms with Crippen LogP contribution in [0.25, 0.3) is 16.5 Å². The highest BCUT2D eigenvalue weighted by molar-refractivity contribution is 7.16. The van der Waals surface area contributed by atoms with Crippen LogP contribution in [0.3, 0.4) is 0 Å². The third-order valence-corrected chi connectivity index (χ3v) is 7.18. The fourth-order valence-corrected chi connectivity index (χ4v) is 5.40. The number of nitrogens with zero attached hydrogens (tertiary/aromatic N) is 3. The normalized spacial score (nSPS) is 15.0. The molecule has 2 amide bonds. The van der Waals surface area contributed by atoms with Gasteiger partial charge in [-0.2, -0.15) is 9.78 Å². The van der Waals surface area contributed by atoms with Crippen LogP contribution in [0.15, 0.2) is 58.7 Å². The fourth-order valence-electron chi connectivity index (χ4n) is 4.46. The van der Waals surface area contributed by atoms with E-state index in [1.54, 1.807) is 31.2 Å². The van der Waals surface area contributed by atoms with E-state index in [0.29, 0.717) is 11.4 Å². The van der Waals surface area contributed by atoms with Crippen LogP contribution in [0.4, 0.5) is 15.1 Å². The topological polar surface area (TPSA) is 120 Å². The van der Waals surface area contributed by atoms with Crippen LogP contribution >= 0.6 is 11.3 Å². The number of rotatable bonds is 7. The lowest BCUT2D eigenvalue weighted by atomic mass is 10.1. The summed E-state index contributed by atoms with van der Waals surface area (Å²) >= 11 is 1.04. The van der Waals surface area contributed by atoms with Crippen molar-refractivity contribution in [2.24, 2.45) is 5.92 Å². The van der Waals surface area contributed by atoms with Gasteiger partial charge in [0.05, 0.1) is 36.4 Å². The van der Waals surface area contributed by atoms with Crippen molar-refractivity contribution in [1.29, 1.82) is 0 Å². The minimum atomic E-state index is -0.767. The molecular formula is C27H23FN4O6S. The minimum Gasteiger partial charge on any atom is -0.495 e. The Kier molecular flexibility index (Phi) is 7.11. The molecule has 1 fully saturated rings. The molecule has 4 aromatic rings. The van der Waals surface area contributed by atoms with E-state index in [4.69, 9.17) is 9.47 Å². The summed E-state index contributed by atoms with van der Waals surface area (Å²) in [6, 6.07) is 12.2. The van der Waals surface area contributed by atoms with Crippen LogP contribution in [0.2, 0.25) is 0 Å². The minimum absolute atomic E-state index is 0.0292. The molecule has 12 heteroatoms.